The van der Waals surface area contributed by atoms with Crippen molar-refractivity contribution in [2.24, 2.45) is 0 Å². The SMILES string of the molecule is CNC(=O)C(Cc1ccccc1)N(Cc1cccc(Cl)c1)C(=O)CCCOc1ccc(Cl)cc1. The van der Waals surface area contributed by atoms with E-state index in [-0.39, 0.29) is 24.8 Å². The first-order valence-corrected chi connectivity index (χ1v) is 11.9. The standard InChI is InChI=1S/C27H28Cl2N2O3/c1-30-27(33)25(18-20-7-3-2-4-8-20)31(19-21-9-5-10-23(29)17-21)26(32)11-6-16-34-24-14-12-22(28)13-15-24/h2-5,7-10,12-15,17,25H,6,11,16,18-19H2,1H3,(H,30,33). The molecule has 0 radical (unpaired) electrons. The Balaban J connectivity index is 1.74. The number of hydrogen-bond donors (Lipinski definition) is 1. The normalized spacial score (nSPS) is 11.5. The summed E-state index contributed by atoms with van der Waals surface area (Å²) in [4.78, 5) is 27.9. The van der Waals surface area contributed by atoms with Gasteiger partial charge in [-0.2, -0.15) is 0 Å². The maximum Gasteiger partial charge on any atom is 0.242 e. The average Bonchev–Trinajstić information content (AvgIpc) is 2.85. The zero-order valence-corrected chi connectivity index (χ0v) is 20.6. The van der Waals surface area contributed by atoms with E-state index in [1.807, 2.05) is 48.5 Å². The van der Waals surface area contributed by atoms with Crippen molar-refractivity contribution in [2.45, 2.75) is 31.8 Å². The third-order valence-corrected chi connectivity index (χ3v) is 5.86. The summed E-state index contributed by atoms with van der Waals surface area (Å²) in [5, 5.41) is 3.94. The minimum atomic E-state index is -0.656. The second-order valence-electron chi connectivity index (χ2n) is 7.88. The van der Waals surface area contributed by atoms with Crippen LogP contribution < -0.4 is 10.1 Å². The molecule has 178 valence electrons. The van der Waals surface area contributed by atoms with Gasteiger partial charge in [0.05, 0.1) is 6.61 Å². The van der Waals surface area contributed by atoms with Crippen LogP contribution in [0.2, 0.25) is 10.0 Å². The van der Waals surface area contributed by atoms with E-state index in [1.165, 1.54) is 0 Å². The molecule has 0 aromatic heterocycles. The van der Waals surface area contributed by atoms with Gasteiger partial charge in [0, 0.05) is 36.5 Å². The molecule has 0 bridgehead atoms. The molecule has 0 aliphatic carbocycles. The van der Waals surface area contributed by atoms with E-state index in [0.717, 1.165) is 11.1 Å². The first kappa shape index (κ1) is 25.6. The van der Waals surface area contributed by atoms with Crippen LogP contribution in [-0.4, -0.2) is 36.4 Å². The number of hydrogen-bond acceptors (Lipinski definition) is 3. The first-order chi connectivity index (χ1) is 16.5. The highest BCUT2D eigenvalue weighted by molar-refractivity contribution is 6.30. The van der Waals surface area contributed by atoms with Crippen LogP contribution in [0.5, 0.6) is 5.75 Å². The molecule has 0 aliphatic heterocycles. The number of carbonyl (C=O) groups is 2. The number of likely N-dealkylation sites (N-methyl/N-ethyl adjacent to an activating group) is 1. The summed E-state index contributed by atoms with van der Waals surface area (Å²) >= 11 is 12.1. The summed E-state index contributed by atoms with van der Waals surface area (Å²) in [5.74, 6) is 0.362. The summed E-state index contributed by atoms with van der Waals surface area (Å²) < 4.78 is 5.72. The number of carbonyl (C=O) groups excluding carboxylic acids is 2. The highest BCUT2D eigenvalue weighted by Crippen LogP contribution is 2.19. The van der Waals surface area contributed by atoms with Crippen LogP contribution in [0.15, 0.2) is 78.9 Å². The highest BCUT2D eigenvalue weighted by atomic mass is 35.5. The minimum absolute atomic E-state index is 0.121. The number of benzene rings is 3. The van der Waals surface area contributed by atoms with Gasteiger partial charge in [0.25, 0.3) is 0 Å². The molecule has 3 aromatic rings. The van der Waals surface area contributed by atoms with Crippen molar-refractivity contribution in [1.29, 1.82) is 0 Å². The van der Waals surface area contributed by atoms with Gasteiger partial charge < -0.3 is 15.0 Å². The lowest BCUT2D eigenvalue weighted by Gasteiger charge is -2.31. The molecule has 3 aromatic carbocycles. The van der Waals surface area contributed by atoms with Crippen LogP contribution in [0, 0.1) is 0 Å². The monoisotopic (exact) mass is 498 g/mol. The molecule has 7 heteroatoms. The van der Waals surface area contributed by atoms with Gasteiger partial charge in [-0.1, -0.05) is 65.7 Å². The minimum Gasteiger partial charge on any atom is -0.494 e. The predicted octanol–water partition coefficient (Wildman–Crippen LogP) is 5.54. The lowest BCUT2D eigenvalue weighted by molar-refractivity contribution is -0.141. The van der Waals surface area contributed by atoms with Crippen LogP contribution in [0.1, 0.15) is 24.0 Å². The van der Waals surface area contributed by atoms with E-state index < -0.39 is 6.04 Å². The van der Waals surface area contributed by atoms with Gasteiger partial charge in [0.15, 0.2) is 0 Å². The van der Waals surface area contributed by atoms with Crippen LogP contribution in [0.3, 0.4) is 0 Å². The Hall–Kier alpha value is -3.02. The Morgan fingerprint density at radius 2 is 1.62 bits per heavy atom. The molecule has 34 heavy (non-hydrogen) atoms. The van der Waals surface area contributed by atoms with E-state index in [1.54, 1.807) is 42.3 Å². The lowest BCUT2D eigenvalue weighted by atomic mass is 10.0. The molecule has 1 atom stereocenters. The largest absolute Gasteiger partial charge is 0.494 e. The maximum absolute atomic E-state index is 13.4. The Labute approximate surface area is 210 Å². The van der Waals surface area contributed by atoms with E-state index in [4.69, 9.17) is 27.9 Å². The molecule has 0 fully saturated rings. The van der Waals surface area contributed by atoms with Crippen molar-refractivity contribution >= 4 is 35.0 Å². The van der Waals surface area contributed by atoms with Crippen LogP contribution in [0.4, 0.5) is 0 Å². The Morgan fingerprint density at radius 3 is 2.29 bits per heavy atom. The molecular weight excluding hydrogens is 471 g/mol. The van der Waals surface area contributed by atoms with Crippen molar-refractivity contribution in [2.75, 3.05) is 13.7 Å². The zero-order valence-electron chi connectivity index (χ0n) is 19.0. The number of nitrogens with one attached hydrogen (secondary N) is 1. The highest BCUT2D eigenvalue weighted by Gasteiger charge is 2.29. The van der Waals surface area contributed by atoms with Gasteiger partial charge in [-0.3, -0.25) is 9.59 Å². The van der Waals surface area contributed by atoms with Crippen LogP contribution >= 0.6 is 23.2 Å². The number of halogens is 2. The second kappa shape index (κ2) is 13.0. The van der Waals surface area contributed by atoms with E-state index >= 15 is 0 Å². The molecule has 0 saturated carbocycles. The molecular formula is C27H28Cl2N2O3. The molecule has 0 spiro atoms. The van der Waals surface area contributed by atoms with E-state index in [0.29, 0.717) is 35.2 Å². The lowest BCUT2D eigenvalue weighted by Crippen LogP contribution is -2.49. The fraction of sp³-hybridized carbons (Fsp3) is 0.259. The van der Waals surface area contributed by atoms with Crippen molar-refractivity contribution in [3.8, 4) is 5.75 Å². The Bertz CT molecular complexity index is 1070. The molecule has 0 saturated heterocycles. The number of amides is 2. The maximum atomic E-state index is 13.4. The summed E-state index contributed by atoms with van der Waals surface area (Å²) in [5.41, 5.74) is 1.84. The van der Waals surface area contributed by atoms with E-state index in [9.17, 15) is 9.59 Å². The number of nitrogens with zero attached hydrogens (tertiary/aromatic N) is 1. The molecule has 3 rings (SSSR count). The van der Waals surface area contributed by atoms with Gasteiger partial charge in [-0.05, 0) is 53.9 Å². The summed E-state index contributed by atoms with van der Waals surface area (Å²) in [6, 6.07) is 23.5. The van der Waals surface area contributed by atoms with Crippen LogP contribution in [0.25, 0.3) is 0 Å². The van der Waals surface area contributed by atoms with Gasteiger partial charge in [0.1, 0.15) is 11.8 Å². The van der Waals surface area contributed by atoms with Crippen molar-refractivity contribution < 1.29 is 14.3 Å². The molecule has 0 heterocycles. The van der Waals surface area contributed by atoms with Crippen molar-refractivity contribution in [3.05, 3.63) is 100 Å². The quantitative estimate of drug-likeness (QED) is 0.353. The van der Waals surface area contributed by atoms with Crippen LogP contribution in [-0.2, 0) is 22.6 Å². The number of rotatable bonds is 11. The fourth-order valence-corrected chi connectivity index (χ4v) is 3.98. The van der Waals surface area contributed by atoms with Gasteiger partial charge in [-0.25, -0.2) is 0 Å². The second-order valence-corrected chi connectivity index (χ2v) is 8.75. The molecule has 1 N–H and O–H groups in total. The summed E-state index contributed by atoms with van der Waals surface area (Å²) in [7, 11) is 1.59. The smallest absolute Gasteiger partial charge is 0.242 e. The summed E-state index contributed by atoms with van der Waals surface area (Å²) in [6.07, 6.45) is 1.17. The van der Waals surface area contributed by atoms with E-state index in [2.05, 4.69) is 5.32 Å². The predicted molar refractivity (Wildman–Crippen MR) is 136 cm³/mol. The van der Waals surface area contributed by atoms with Gasteiger partial charge in [0.2, 0.25) is 11.8 Å². The Kier molecular flexibility index (Phi) is 9.80. The fourth-order valence-electron chi connectivity index (χ4n) is 3.64. The number of ether oxygens (including phenoxy) is 1. The average molecular weight is 499 g/mol. The van der Waals surface area contributed by atoms with Gasteiger partial charge in [-0.15, -0.1) is 0 Å². The zero-order chi connectivity index (χ0) is 24.3. The summed E-state index contributed by atoms with van der Waals surface area (Å²) in [6.45, 7) is 0.657. The van der Waals surface area contributed by atoms with Gasteiger partial charge >= 0.3 is 0 Å². The topological polar surface area (TPSA) is 58.6 Å². The van der Waals surface area contributed by atoms with Crippen molar-refractivity contribution in [3.63, 3.8) is 0 Å². The molecule has 0 aliphatic rings. The third kappa shape index (κ3) is 7.79. The first-order valence-electron chi connectivity index (χ1n) is 11.1. The third-order valence-electron chi connectivity index (χ3n) is 5.38. The molecule has 2 amide bonds. The molecule has 5 nitrogen and oxygen atoms in total. The van der Waals surface area contributed by atoms with Crippen molar-refractivity contribution in [1.82, 2.24) is 10.2 Å². The molecule has 1 unspecified atom stereocenters. The Morgan fingerprint density at radius 1 is 0.912 bits per heavy atom.